The number of rotatable bonds is 2. The van der Waals surface area contributed by atoms with Crippen molar-refractivity contribution in [2.75, 3.05) is 0 Å². The maximum Gasteiger partial charge on any atom is 0.378 e. The van der Waals surface area contributed by atoms with Crippen LogP contribution in [0.3, 0.4) is 0 Å². The van der Waals surface area contributed by atoms with E-state index in [0.29, 0.717) is 0 Å². The van der Waals surface area contributed by atoms with Crippen molar-refractivity contribution in [1.82, 2.24) is 0 Å². The van der Waals surface area contributed by atoms with Crippen molar-refractivity contribution in [3.63, 3.8) is 0 Å². The summed E-state index contributed by atoms with van der Waals surface area (Å²) in [6.07, 6.45) is -0.792. The lowest BCUT2D eigenvalue weighted by Gasteiger charge is -2.03. The van der Waals surface area contributed by atoms with Gasteiger partial charge >= 0.3 is 14.0 Å². The van der Waals surface area contributed by atoms with Gasteiger partial charge in [-0.3, -0.25) is 9.63 Å². The second-order valence-corrected chi connectivity index (χ2v) is 1.22. The number of hydrogen-bond acceptors (Lipinski definition) is 4. The van der Waals surface area contributed by atoms with Gasteiger partial charge in [0.2, 0.25) is 0 Å². The summed E-state index contributed by atoms with van der Waals surface area (Å²) >= 11 is 0. The molecule has 8 heavy (non-hydrogen) atoms. The van der Waals surface area contributed by atoms with Gasteiger partial charge in [-0.25, -0.2) is 5.90 Å². The third kappa shape index (κ3) is 1.95. The second-order valence-electron chi connectivity index (χ2n) is 1.22. The van der Waals surface area contributed by atoms with Crippen LogP contribution < -0.4 is 5.90 Å². The summed E-state index contributed by atoms with van der Waals surface area (Å²) < 4.78 is 3.76. The van der Waals surface area contributed by atoms with E-state index < -0.39 is 12.1 Å². The summed E-state index contributed by atoms with van der Waals surface area (Å²) in [6.45, 7) is 1.43. The van der Waals surface area contributed by atoms with Crippen molar-refractivity contribution >= 4 is 14.0 Å². The zero-order valence-corrected chi connectivity index (χ0v) is 4.46. The molecule has 0 fully saturated rings. The lowest BCUT2D eigenvalue weighted by molar-refractivity contribution is -0.146. The fourth-order valence-corrected chi connectivity index (χ4v) is 0.151. The van der Waals surface area contributed by atoms with Gasteiger partial charge in [0.25, 0.3) is 0 Å². The third-order valence-corrected chi connectivity index (χ3v) is 0.652. The second kappa shape index (κ2) is 3.46. The molecule has 4 nitrogen and oxygen atoms in total. The summed E-state index contributed by atoms with van der Waals surface area (Å²) in [5.74, 6) is 3.90. The average molecular weight is 115 g/mol. The molecule has 0 heterocycles. The van der Waals surface area contributed by atoms with Crippen molar-refractivity contribution in [2.45, 2.75) is 13.0 Å². The molecule has 0 aromatic heterocycles. The normalized spacial score (nSPS) is 12.8. The van der Waals surface area contributed by atoms with Crippen LogP contribution in [-0.2, 0) is 14.3 Å². The Kier molecular flexibility index (Phi) is 3.22. The van der Waals surface area contributed by atoms with Gasteiger partial charge in [-0.05, 0) is 6.92 Å². The number of nitrogens with two attached hydrogens (primary N) is 1. The molecule has 0 saturated heterocycles. The molecule has 2 radical (unpaired) electrons. The Labute approximate surface area is 48.3 Å². The smallest absolute Gasteiger partial charge is 0.378 e. The maximum atomic E-state index is 10.2. The molecule has 1 atom stereocenters. The first-order chi connectivity index (χ1) is 3.72. The highest BCUT2D eigenvalue weighted by Crippen LogP contribution is 1.85. The highest BCUT2D eigenvalue weighted by Gasteiger charge is 2.09. The molecule has 44 valence electrons. The average Bonchev–Trinajstić information content (AvgIpc) is 1.84. The van der Waals surface area contributed by atoms with E-state index in [4.69, 9.17) is 0 Å². The standard InChI is InChI=1S/C3H6BNO3/c1-2(8-5)3(6)7-4/h2H,5H2,1H3/t2-/m1/s1. The molecular weight excluding hydrogens is 109 g/mol. The Balaban J connectivity index is 3.46. The monoisotopic (exact) mass is 115 g/mol. The summed E-state index contributed by atoms with van der Waals surface area (Å²) in [6, 6.07) is 0. The van der Waals surface area contributed by atoms with Crippen LogP contribution in [0.25, 0.3) is 0 Å². The van der Waals surface area contributed by atoms with E-state index in [0.717, 1.165) is 0 Å². The first-order valence-electron chi connectivity index (χ1n) is 1.98. The van der Waals surface area contributed by atoms with E-state index >= 15 is 0 Å². The van der Waals surface area contributed by atoms with E-state index in [1.54, 1.807) is 0 Å². The largest absolute Gasteiger partial charge is 0.541 e. The lowest BCUT2D eigenvalue weighted by Crippen LogP contribution is -2.25. The Bertz CT molecular complexity index is 86.6. The van der Waals surface area contributed by atoms with Crippen LogP contribution in [0, 0.1) is 0 Å². The Morgan fingerprint density at radius 2 is 2.38 bits per heavy atom. The number of carbonyl (C=O) groups excluding carboxylic acids is 1. The first kappa shape index (κ1) is 7.45. The minimum atomic E-state index is -0.792. The number of carbonyl (C=O) groups is 1. The summed E-state index contributed by atoms with van der Waals surface area (Å²) in [5, 5.41) is 0. The molecule has 0 unspecified atom stereocenters. The van der Waals surface area contributed by atoms with Gasteiger partial charge < -0.3 is 4.65 Å². The quantitative estimate of drug-likeness (QED) is 0.366. The van der Waals surface area contributed by atoms with Gasteiger partial charge in [-0.15, -0.1) is 0 Å². The lowest BCUT2D eigenvalue weighted by atomic mass is 10.4. The third-order valence-electron chi connectivity index (χ3n) is 0.652. The fraction of sp³-hybridized carbons (Fsp3) is 0.667. The van der Waals surface area contributed by atoms with Gasteiger partial charge in [0, 0.05) is 0 Å². The molecule has 0 aromatic rings. The molecular formula is C3H6BNO3. The highest BCUT2D eigenvalue weighted by atomic mass is 16.6. The molecule has 0 bridgehead atoms. The summed E-state index contributed by atoms with van der Waals surface area (Å²) in [5.41, 5.74) is 0. The Morgan fingerprint density at radius 1 is 1.88 bits per heavy atom. The molecule has 0 saturated carbocycles. The van der Waals surface area contributed by atoms with Crippen LogP contribution in [0.15, 0.2) is 0 Å². The van der Waals surface area contributed by atoms with Crippen LogP contribution in [-0.4, -0.2) is 20.1 Å². The molecule has 0 amide bonds. The zero-order valence-electron chi connectivity index (χ0n) is 4.46. The molecule has 0 aliphatic carbocycles. The number of hydrogen-bond donors (Lipinski definition) is 1. The van der Waals surface area contributed by atoms with Crippen molar-refractivity contribution in [3.05, 3.63) is 0 Å². The minimum absolute atomic E-state index is 0.687. The Hall–Kier alpha value is -0.545. The van der Waals surface area contributed by atoms with Crippen molar-refractivity contribution in [1.29, 1.82) is 0 Å². The van der Waals surface area contributed by atoms with Gasteiger partial charge in [-0.1, -0.05) is 0 Å². The molecule has 0 aliphatic heterocycles. The minimum Gasteiger partial charge on any atom is -0.541 e. The van der Waals surface area contributed by atoms with Crippen LogP contribution in [0.5, 0.6) is 0 Å². The molecule has 0 rings (SSSR count). The van der Waals surface area contributed by atoms with Gasteiger partial charge in [0.05, 0.1) is 0 Å². The van der Waals surface area contributed by atoms with Crippen LogP contribution in [0.2, 0.25) is 0 Å². The van der Waals surface area contributed by atoms with Crippen molar-refractivity contribution in [3.8, 4) is 0 Å². The van der Waals surface area contributed by atoms with Gasteiger partial charge in [-0.2, -0.15) is 0 Å². The Morgan fingerprint density at radius 3 is 2.50 bits per heavy atom. The molecule has 5 heteroatoms. The predicted molar refractivity (Wildman–Crippen MR) is 26.6 cm³/mol. The van der Waals surface area contributed by atoms with Crippen molar-refractivity contribution < 1.29 is 14.3 Å². The van der Waals surface area contributed by atoms with Gasteiger partial charge in [0.15, 0.2) is 6.10 Å². The first-order valence-corrected chi connectivity index (χ1v) is 1.98. The van der Waals surface area contributed by atoms with Crippen molar-refractivity contribution in [2.24, 2.45) is 5.90 Å². The van der Waals surface area contributed by atoms with E-state index in [-0.39, 0.29) is 0 Å². The van der Waals surface area contributed by atoms with Crippen LogP contribution in [0.1, 0.15) is 6.92 Å². The van der Waals surface area contributed by atoms with E-state index in [1.807, 2.05) is 0 Å². The topological polar surface area (TPSA) is 61.5 Å². The van der Waals surface area contributed by atoms with E-state index in [9.17, 15) is 4.79 Å². The van der Waals surface area contributed by atoms with E-state index in [1.165, 1.54) is 6.92 Å². The van der Waals surface area contributed by atoms with E-state index in [2.05, 4.69) is 23.4 Å². The van der Waals surface area contributed by atoms with Gasteiger partial charge in [0.1, 0.15) is 0 Å². The SMILES string of the molecule is [B]OC(=O)[C@@H](C)ON. The fourth-order valence-electron chi connectivity index (χ4n) is 0.151. The molecule has 0 aromatic carbocycles. The summed E-state index contributed by atoms with van der Waals surface area (Å²) in [7, 11) is 4.46. The molecule has 0 spiro atoms. The maximum absolute atomic E-state index is 10.2. The highest BCUT2D eigenvalue weighted by molar-refractivity contribution is 6.06. The zero-order chi connectivity index (χ0) is 6.57. The predicted octanol–water partition coefficient (Wildman–Crippen LogP) is -1.11. The summed E-state index contributed by atoms with van der Waals surface area (Å²) in [4.78, 5) is 14.2. The van der Waals surface area contributed by atoms with Crippen LogP contribution in [0.4, 0.5) is 0 Å². The molecule has 2 N–H and O–H groups in total. The molecule has 0 aliphatic rings. The van der Waals surface area contributed by atoms with Crippen LogP contribution >= 0.6 is 0 Å².